The highest BCUT2D eigenvalue weighted by molar-refractivity contribution is 6.43. The van der Waals surface area contributed by atoms with Gasteiger partial charge in [-0.25, -0.2) is 0 Å². The summed E-state index contributed by atoms with van der Waals surface area (Å²) >= 11 is 0. The predicted molar refractivity (Wildman–Crippen MR) is 93.8 cm³/mol. The Morgan fingerprint density at radius 2 is 1.35 bits per heavy atom. The highest BCUT2D eigenvalue weighted by Crippen LogP contribution is 2.22. The van der Waals surface area contributed by atoms with E-state index in [2.05, 4.69) is 10.6 Å². The van der Waals surface area contributed by atoms with Gasteiger partial charge >= 0.3 is 11.8 Å². The van der Waals surface area contributed by atoms with E-state index in [9.17, 15) is 9.59 Å². The first kappa shape index (κ1) is 16.7. The van der Waals surface area contributed by atoms with Gasteiger partial charge in [0.15, 0.2) is 0 Å². The Balaban J connectivity index is 2.15. The molecule has 4 heteroatoms. The molecule has 4 nitrogen and oxygen atoms in total. The fourth-order valence-corrected chi connectivity index (χ4v) is 2.61. The molecule has 120 valence electrons. The van der Waals surface area contributed by atoms with Gasteiger partial charge < -0.3 is 10.6 Å². The van der Waals surface area contributed by atoms with Crippen molar-refractivity contribution >= 4 is 23.2 Å². The van der Waals surface area contributed by atoms with Crippen LogP contribution in [-0.2, 0) is 9.59 Å². The Morgan fingerprint density at radius 1 is 0.783 bits per heavy atom. The van der Waals surface area contributed by atoms with E-state index in [1.807, 2.05) is 58.9 Å². The van der Waals surface area contributed by atoms with Crippen LogP contribution in [0.3, 0.4) is 0 Å². The number of hydrogen-bond acceptors (Lipinski definition) is 2. The van der Waals surface area contributed by atoms with Crippen LogP contribution in [0.25, 0.3) is 0 Å². The van der Waals surface area contributed by atoms with Crippen LogP contribution in [0.15, 0.2) is 30.3 Å². The molecule has 2 N–H and O–H groups in total. The maximum Gasteiger partial charge on any atom is 0.314 e. The third-order valence-electron chi connectivity index (χ3n) is 3.97. The number of amides is 2. The van der Waals surface area contributed by atoms with Gasteiger partial charge in [0.1, 0.15) is 0 Å². The lowest BCUT2D eigenvalue weighted by molar-refractivity contribution is -0.133. The minimum absolute atomic E-state index is 0.655. The molecule has 0 radical (unpaired) electrons. The predicted octanol–water partition coefficient (Wildman–Crippen LogP) is 3.81. The molecule has 0 aliphatic heterocycles. The zero-order valence-electron chi connectivity index (χ0n) is 14.2. The lowest BCUT2D eigenvalue weighted by atomic mass is 10.1. The van der Waals surface area contributed by atoms with Crippen molar-refractivity contribution in [3.8, 4) is 0 Å². The Bertz CT molecular complexity index is 756. The lowest BCUT2D eigenvalue weighted by Crippen LogP contribution is -2.30. The third-order valence-corrected chi connectivity index (χ3v) is 3.97. The molecular weight excluding hydrogens is 288 g/mol. The number of hydrogen-bond donors (Lipinski definition) is 2. The van der Waals surface area contributed by atoms with E-state index in [1.165, 1.54) is 0 Å². The summed E-state index contributed by atoms with van der Waals surface area (Å²) < 4.78 is 0. The summed E-state index contributed by atoms with van der Waals surface area (Å²) in [6.45, 7) is 9.70. The molecule has 0 bridgehead atoms. The van der Waals surface area contributed by atoms with Crippen molar-refractivity contribution in [1.29, 1.82) is 0 Å². The van der Waals surface area contributed by atoms with Gasteiger partial charge in [0.05, 0.1) is 0 Å². The summed E-state index contributed by atoms with van der Waals surface area (Å²) in [5, 5.41) is 5.38. The Morgan fingerprint density at radius 3 is 1.96 bits per heavy atom. The van der Waals surface area contributed by atoms with E-state index in [-0.39, 0.29) is 0 Å². The van der Waals surface area contributed by atoms with Crippen LogP contribution in [0, 0.1) is 34.6 Å². The monoisotopic (exact) mass is 310 g/mol. The average molecular weight is 310 g/mol. The van der Waals surface area contributed by atoms with Gasteiger partial charge in [-0.05, 0) is 62.9 Å². The number of benzene rings is 2. The third kappa shape index (κ3) is 3.77. The van der Waals surface area contributed by atoms with E-state index in [0.29, 0.717) is 11.4 Å². The Hall–Kier alpha value is -2.62. The van der Waals surface area contributed by atoms with Crippen molar-refractivity contribution in [1.82, 2.24) is 0 Å². The van der Waals surface area contributed by atoms with Crippen LogP contribution in [-0.4, -0.2) is 11.8 Å². The average Bonchev–Trinajstić information content (AvgIpc) is 2.47. The number of nitrogens with one attached hydrogen (secondary N) is 2. The molecular formula is C19H22N2O2. The SMILES string of the molecule is Cc1cc(C)c(NC(=O)C(=O)Nc2cccc(C)c2C)c(C)c1. The molecule has 0 aromatic heterocycles. The molecule has 2 aromatic carbocycles. The number of carbonyl (C=O) groups is 2. The van der Waals surface area contributed by atoms with Crippen molar-refractivity contribution in [2.45, 2.75) is 34.6 Å². The summed E-state index contributed by atoms with van der Waals surface area (Å²) in [6.07, 6.45) is 0. The molecule has 2 rings (SSSR count). The largest absolute Gasteiger partial charge is 0.318 e. The quantitative estimate of drug-likeness (QED) is 0.829. The fourth-order valence-electron chi connectivity index (χ4n) is 2.61. The van der Waals surface area contributed by atoms with E-state index in [4.69, 9.17) is 0 Å². The van der Waals surface area contributed by atoms with Crippen LogP contribution >= 0.6 is 0 Å². The number of aryl methyl sites for hydroxylation is 4. The van der Waals surface area contributed by atoms with Gasteiger partial charge in [-0.2, -0.15) is 0 Å². The Kier molecular flexibility index (Phi) is 4.84. The second-order valence-electron chi connectivity index (χ2n) is 5.93. The van der Waals surface area contributed by atoms with Gasteiger partial charge in [0, 0.05) is 11.4 Å². The molecule has 0 saturated heterocycles. The van der Waals surface area contributed by atoms with E-state index in [1.54, 1.807) is 6.07 Å². The maximum atomic E-state index is 12.2. The van der Waals surface area contributed by atoms with Crippen molar-refractivity contribution in [2.75, 3.05) is 10.6 Å². The summed E-state index contributed by atoms with van der Waals surface area (Å²) in [6, 6.07) is 9.56. The lowest BCUT2D eigenvalue weighted by Gasteiger charge is -2.14. The van der Waals surface area contributed by atoms with Crippen LogP contribution in [0.2, 0.25) is 0 Å². The molecule has 23 heavy (non-hydrogen) atoms. The minimum Gasteiger partial charge on any atom is -0.318 e. The van der Waals surface area contributed by atoms with E-state index < -0.39 is 11.8 Å². The summed E-state index contributed by atoms with van der Waals surface area (Å²) in [7, 11) is 0. The summed E-state index contributed by atoms with van der Waals surface area (Å²) in [5.41, 5.74) is 6.37. The first-order valence-corrected chi connectivity index (χ1v) is 7.56. The molecule has 0 spiro atoms. The Labute approximate surface area is 136 Å². The highest BCUT2D eigenvalue weighted by Gasteiger charge is 2.17. The summed E-state index contributed by atoms with van der Waals surface area (Å²) in [5.74, 6) is -1.33. The first-order valence-electron chi connectivity index (χ1n) is 7.56. The zero-order valence-corrected chi connectivity index (χ0v) is 14.2. The molecule has 0 aliphatic carbocycles. The molecule has 0 unspecified atom stereocenters. The minimum atomic E-state index is -0.668. The number of rotatable bonds is 2. The van der Waals surface area contributed by atoms with Gasteiger partial charge in [0.25, 0.3) is 0 Å². The van der Waals surface area contributed by atoms with Crippen LogP contribution in [0.5, 0.6) is 0 Å². The van der Waals surface area contributed by atoms with Crippen molar-refractivity contribution in [2.24, 2.45) is 0 Å². The van der Waals surface area contributed by atoms with E-state index in [0.717, 1.165) is 27.8 Å². The normalized spacial score (nSPS) is 10.3. The molecule has 0 saturated carbocycles. The van der Waals surface area contributed by atoms with Crippen LogP contribution in [0.1, 0.15) is 27.8 Å². The molecule has 0 heterocycles. The second kappa shape index (κ2) is 6.65. The van der Waals surface area contributed by atoms with Crippen molar-refractivity contribution < 1.29 is 9.59 Å². The van der Waals surface area contributed by atoms with Crippen LogP contribution < -0.4 is 10.6 Å². The van der Waals surface area contributed by atoms with Gasteiger partial charge in [-0.3, -0.25) is 9.59 Å². The highest BCUT2D eigenvalue weighted by atomic mass is 16.2. The molecule has 0 atom stereocenters. The first-order chi connectivity index (χ1) is 10.8. The molecule has 2 amide bonds. The molecule has 0 aliphatic rings. The maximum absolute atomic E-state index is 12.2. The summed E-state index contributed by atoms with van der Waals surface area (Å²) in [4.78, 5) is 24.3. The standard InChI is InChI=1S/C19H22N2O2/c1-11-9-13(3)17(14(4)10-11)21-19(23)18(22)20-16-8-6-7-12(2)15(16)5/h6-10H,1-5H3,(H,20,22)(H,21,23). The zero-order chi connectivity index (χ0) is 17.1. The smallest absolute Gasteiger partial charge is 0.314 e. The fraction of sp³-hybridized carbons (Fsp3) is 0.263. The molecule has 2 aromatic rings. The number of anilines is 2. The second-order valence-corrected chi connectivity index (χ2v) is 5.93. The van der Waals surface area contributed by atoms with E-state index >= 15 is 0 Å². The van der Waals surface area contributed by atoms with Gasteiger partial charge in [0.2, 0.25) is 0 Å². The van der Waals surface area contributed by atoms with Crippen LogP contribution in [0.4, 0.5) is 11.4 Å². The molecule has 0 fully saturated rings. The topological polar surface area (TPSA) is 58.2 Å². The van der Waals surface area contributed by atoms with Gasteiger partial charge in [-0.15, -0.1) is 0 Å². The number of carbonyl (C=O) groups excluding carboxylic acids is 2. The van der Waals surface area contributed by atoms with Gasteiger partial charge in [-0.1, -0.05) is 29.8 Å². The van der Waals surface area contributed by atoms with Crippen molar-refractivity contribution in [3.05, 3.63) is 58.1 Å². The van der Waals surface area contributed by atoms with Crippen molar-refractivity contribution in [3.63, 3.8) is 0 Å².